The molecule has 2 aromatic heterocycles. The molecule has 1 saturated heterocycles. The molecule has 0 bridgehead atoms. The Morgan fingerprint density at radius 1 is 1.15 bits per heavy atom. The first kappa shape index (κ1) is 29.8. The van der Waals surface area contributed by atoms with E-state index in [0.717, 1.165) is 18.5 Å². The smallest absolute Gasteiger partial charge is 0.266 e. The van der Waals surface area contributed by atoms with Crippen LogP contribution in [0.3, 0.4) is 0 Å². The summed E-state index contributed by atoms with van der Waals surface area (Å²) in [7, 11) is 1.61. The molecule has 2 aromatic rings. The lowest BCUT2D eigenvalue weighted by Gasteiger charge is -2.28. The highest BCUT2D eigenvalue weighted by Gasteiger charge is 2.40. The maximum atomic E-state index is 13.5. The van der Waals surface area contributed by atoms with Gasteiger partial charge >= 0.3 is 0 Å². The van der Waals surface area contributed by atoms with E-state index in [9.17, 15) is 14.4 Å². The molecule has 1 aliphatic carbocycles. The van der Waals surface area contributed by atoms with Crippen molar-refractivity contribution >= 4 is 40.8 Å². The number of halogens is 2. The number of allylic oxidation sites excluding steroid dienone is 3. The fourth-order valence-corrected chi connectivity index (χ4v) is 5.41. The molecule has 0 saturated carbocycles. The van der Waals surface area contributed by atoms with Gasteiger partial charge in [0, 0.05) is 73.5 Å². The average Bonchev–Trinajstić information content (AvgIpc) is 3.38. The van der Waals surface area contributed by atoms with Gasteiger partial charge in [-0.25, -0.2) is 4.68 Å². The summed E-state index contributed by atoms with van der Waals surface area (Å²) in [6, 6.07) is 6.74. The van der Waals surface area contributed by atoms with Gasteiger partial charge in [0.1, 0.15) is 5.82 Å². The average molecular weight is 588 g/mol. The molecule has 0 aromatic carbocycles. The number of aryl methyl sites for hydroxylation is 1. The van der Waals surface area contributed by atoms with Gasteiger partial charge in [-0.2, -0.15) is 5.10 Å². The highest BCUT2D eigenvalue weighted by Crippen LogP contribution is 2.34. The molecule has 0 radical (unpaired) electrons. The summed E-state index contributed by atoms with van der Waals surface area (Å²) in [6.45, 7) is 5.21. The third-order valence-corrected chi connectivity index (χ3v) is 8.01. The van der Waals surface area contributed by atoms with E-state index in [2.05, 4.69) is 26.8 Å². The van der Waals surface area contributed by atoms with Gasteiger partial charge in [-0.3, -0.25) is 19.4 Å². The molecule has 40 heavy (non-hydrogen) atoms. The van der Waals surface area contributed by atoms with Crippen LogP contribution in [-0.2, 0) is 16.6 Å². The second-order valence-electron chi connectivity index (χ2n) is 10.7. The van der Waals surface area contributed by atoms with Crippen LogP contribution in [0.2, 0.25) is 5.02 Å². The van der Waals surface area contributed by atoms with Crippen molar-refractivity contribution in [1.29, 1.82) is 0 Å². The van der Waals surface area contributed by atoms with Gasteiger partial charge in [-0.05, 0) is 43.5 Å². The first-order valence-corrected chi connectivity index (χ1v) is 14.4. The van der Waals surface area contributed by atoms with E-state index in [1.807, 2.05) is 37.0 Å². The number of nitrogens with zero attached hydrogens (tertiary/aromatic N) is 4. The number of hydrogen-bond donors (Lipinski definition) is 2. The van der Waals surface area contributed by atoms with Crippen molar-refractivity contribution in [3.05, 3.63) is 74.8 Å². The first-order chi connectivity index (χ1) is 19.1. The summed E-state index contributed by atoms with van der Waals surface area (Å²) in [5.74, 6) is 0.0903. The largest absolute Gasteiger partial charge is 0.356 e. The Kier molecular flexibility index (Phi) is 10.0. The SMILES string of the molecule is CC(C)C(=O)N[C@@H](CCCNC(=O)[C@@H]1CN(c2ccc(=O)n(C)n2)C[C@H]1c1ccc(Cl)cn1)C1C=CC(Cl)=CC1. The van der Waals surface area contributed by atoms with Crippen molar-refractivity contribution in [3.63, 3.8) is 0 Å². The van der Waals surface area contributed by atoms with Gasteiger partial charge in [0.2, 0.25) is 11.8 Å². The predicted octanol–water partition coefficient (Wildman–Crippen LogP) is 3.78. The molecule has 3 heterocycles. The van der Waals surface area contributed by atoms with Crippen molar-refractivity contribution < 1.29 is 9.59 Å². The van der Waals surface area contributed by atoms with Crippen LogP contribution in [-0.4, -0.2) is 52.3 Å². The zero-order valence-corrected chi connectivity index (χ0v) is 24.5. The van der Waals surface area contributed by atoms with Gasteiger partial charge in [-0.1, -0.05) is 49.2 Å². The Morgan fingerprint density at radius 2 is 1.95 bits per heavy atom. The number of pyridine rings is 1. The van der Waals surface area contributed by atoms with Gasteiger partial charge in [0.15, 0.2) is 0 Å². The van der Waals surface area contributed by atoms with E-state index < -0.39 is 0 Å². The lowest BCUT2D eigenvalue weighted by Crippen LogP contribution is -2.42. The number of rotatable bonds is 10. The minimum Gasteiger partial charge on any atom is -0.356 e. The Morgan fingerprint density at radius 3 is 2.60 bits per heavy atom. The molecule has 4 atom stereocenters. The van der Waals surface area contributed by atoms with Crippen molar-refractivity contribution in [2.24, 2.45) is 24.8 Å². The second-order valence-corrected chi connectivity index (χ2v) is 11.6. The van der Waals surface area contributed by atoms with Gasteiger partial charge in [0.05, 0.1) is 10.9 Å². The van der Waals surface area contributed by atoms with Crippen LogP contribution in [0, 0.1) is 17.8 Å². The summed E-state index contributed by atoms with van der Waals surface area (Å²) in [6.07, 6.45) is 9.68. The summed E-state index contributed by atoms with van der Waals surface area (Å²) in [5, 5.41) is 11.9. The highest BCUT2D eigenvalue weighted by atomic mass is 35.5. The lowest BCUT2D eigenvalue weighted by molar-refractivity contribution is -0.126. The summed E-state index contributed by atoms with van der Waals surface area (Å²) < 4.78 is 1.29. The van der Waals surface area contributed by atoms with Crippen molar-refractivity contribution in [2.75, 3.05) is 24.5 Å². The number of anilines is 1. The second kappa shape index (κ2) is 13.5. The number of nitrogens with one attached hydrogen (secondary N) is 2. The van der Waals surface area contributed by atoms with Crippen molar-refractivity contribution in [1.82, 2.24) is 25.4 Å². The molecular weight excluding hydrogens is 551 g/mol. The Balaban J connectivity index is 1.41. The van der Waals surface area contributed by atoms with E-state index in [1.54, 1.807) is 25.4 Å². The summed E-state index contributed by atoms with van der Waals surface area (Å²) in [5.41, 5.74) is 0.586. The Labute approximate surface area is 244 Å². The highest BCUT2D eigenvalue weighted by molar-refractivity contribution is 6.31. The molecule has 2 amide bonds. The van der Waals surface area contributed by atoms with Crippen molar-refractivity contribution in [2.45, 2.75) is 45.1 Å². The van der Waals surface area contributed by atoms with E-state index in [0.29, 0.717) is 41.9 Å². The molecular formula is C29H36Cl2N6O3. The fourth-order valence-electron chi connectivity index (χ4n) is 5.14. The standard InChI is InChI=1S/C29H36Cl2N6O3/c1-18(2)28(39)34-24(19-6-8-20(30)9-7-19)5-4-14-32-29(40)23-17-37(26-12-13-27(38)36(3)35-26)16-22(23)25-11-10-21(31)15-33-25/h6,8-13,15,18-19,22-24H,4-5,7,14,16-17H2,1-3H3,(H,32,40)(H,34,39)/t19?,22-,23-,24+/m1/s1. The topological polar surface area (TPSA) is 109 Å². The quantitative estimate of drug-likeness (QED) is 0.410. The molecule has 2 aliphatic rings. The molecule has 11 heteroatoms. The normalized spacial score (nSPS) is 21.3. The maximum Gasteiger partial charge on any atom is 0.266 e. The predicted molar refractivity (Wildman–Crippen MR) is 157 cm³/mol. The number of aromatic nitrogens is 3. The van der Waals surface area contributed by atoms with Crippen LogP contribution >= 0.6 is 23.2 Å². The summed E-state index contributed by atoms with van der Waals surface area (Å²) in [4.78, 5) is 44.3. The molecule has 1 aliphatic heterocycles. The number of carbonyl (C=O) groups excluding carboxylic acids is 2. The molecule has 0 spiro atoms. The van der Waals surface area contributed by atoms with Crippen molar-refractivity contribution in [3.8, 4) is 0 Å². The van der Waals surface area contributed by atoms with E-state index >= 15 is 0 Å². The van der Waals surface area contributed by atoms with Crippen LogP contribution in [0.4, 0.5) is 5.82 Å². The first-order valence-electron chi connectivity index (χ1n) is 13.6. The summed E-state index contributed by atoms with van der Waals surface area (Å²) >= 11 is 12.2. The minimum atomic E-state index is -0.363. The van der Waals surface area contributed by atoms with Gasteiger partial charge in [-0.15, -0.1) is 0 Å². The molecule has 4 rings (SSSR count). The van der Waals surface area contributed by atoms with Gasteiger partial charge < -0.3 is 15.5 Å². The number of amides is 2. The van der Waals surface area contributed by atoms with E-state index in [-0.39, 0.29) is 47.1 Å². The van der Waals surface area contributed by atoms with Crippen LogP contribution in [0.15, 0.2) is 58.5 Å². The van der Waals surface area contributed by atoms with Gasteiger partial charge in [0.25, 0.3) is 5.56 Å². The molecule has 1 unspecified atom stereocenters. The number of hydrogen-bond acceptors (Lipinski definition) is 6. The maximum absolute atomic E-state index is 13.5. The Hall–Kier alpha value is -3.17. The van der Waals surface area contributed by atoms with E-state index in [1.165, 1.54) is 10.7 Å². The monoisotopic (exact) mass is 586 g/mol. The Bertz CT molecular complexity index is 1320. The molecule has 2 N–H and O–H groups in total. The molecule has 9 nitrogen and oxygen atoms in total. The van der Waals surface area contributed by atoms with Crippen LogP contribution in [0.5, 0.6) is 0 Å². The lowest BCUT2D eigenvalue weighted by atomic mass is 9.89. The third-order valence-electron chi connectivity index (χ3n) is 7.50. The zero-order valence-electron chi connectivity index (χ0n) is 23.0. The van der Waals surface area contributed by atoms with Crippen LogP contribution in [0.1, 0.15) is 44.7 Å². The third kappa shape index (κ3) is 7.52. The fraction of sp³-hybridized carbons (Fsp3) is 0.483. The van der Waals surface area contributed by atoms with Crippen LogP contribution < -0.4 is 21.1 Å². The van der Waals surface area contributed by atoms with Crippen LogP contribution in [0.25, 0.3) is 0 Å². The minimum absolute atomic E-state index is 0.0134. The zero-order chi connectivity index (χ0) is 28.8. The number of carbonyl (C=O) groups is 2. The molecule has 214 valence electrons. The van der Waals surface area contributed by atoms with E-state index in [4.69, 9.17) is 23.2 Å². The molecule has 1 fully saturated rings.